The van der Waals surface area contributed by atoms with Crippen LogP contribution in [0.3, 0.4) is 0 Å². The molecule has 5 nitrogen and oxygen atoms in total. The number of nitrogens with zero attached hydrogens (tertiary/aromatic N) is 3. The molecular formula is C18H23FN4OS. The fourth-order valence-electron chi connectivity index (χ4n) is 2.94. The number of amides is 2. The minimum atomic E-state index is -0.231. The molecule has 2 amide bonds. The summed E-state index contributed by atoms with van der Waals surface area (Å²) in [5.74, 6) is -0.231. The molecule has 1 N–H and O–H groups in total. The van der Waals surface area contributed by atoms with Gasteiger partial charge in [-0.15, -0.1) is 11.3 Å². The first-order chi connectivity index (χ1) is 12.0. The van der Waals surface area contributed by atoms with Crippen LogP contribution < -0.4 is 10.2 Å². The number of urea groups is 1. The molecule has 0 radical (unpaired) electrons. The predicted octanol–water partition coefficient (Wildman–Crippen LogP) is 3.57. The third-order valence-corrected chi connectivity index (χ3v) is 5.47. The highest BCUT2D eigenvalue weighted by molar-refractivity contribution is 7.09. The molecule has 1 aromatic carbocycles. The number of benzene rings is 1. The normalized spacial score (nSPS) is 16.4. The van der Waals surface area contributed by atoms with Crippen molar-refractivity contribution < 1.29 is 9.18 Å². The highest BCUT2D eigenvalue weighted by Gasteiger charge is 2.21. The molecule has 0 bridgehead atoms. The molecule has 2 heterocycles. The molecule has 0 aliphatic carbocycles. The Morgan fingerprint density at radius 1 is 1.24 bits per heavy atom. The SMILES string of the molecule is Cc1csc(C(C)NC(=O)N2CCCN(c3ccc(F)cc3)CC2)n1. The summed E-state index contributed by atoms with van der Waals surface area (Å²) < 4.78 is 13.1. The molecule has 25 heavy (non-hydrogen) atoms. The van der Waals surface area contributed by atoms with E-state index >= 15 is 0 Å². The number of aryl methyl sites for hydroxylation is 1. The fraction of sp³-hybridized carbons (Fsp3) is 0.444. The van der Waals surface area contributed by atoms with Crippen molar-refractivity contribution in [2.75, 3.05) is 31.1 Å². The summed E-state index contributed by atoms with van der Waals surface area (Å²) in [6.07, 6.45) is 0.884. The molecule has 3 rings (SSSR count). The van der Waals surface area contributed by atoms with Crippen LogP contribution in [0.15, 0.2) is 29.6 Å². The molecule has 2 aromatic rings. The Kier molecular flexibility index (Phi) is 5.53. The highest BCUT2D eigenvalue weighted by Crippen LogP contribution is 2.19. The van der Waals surface area contributed by atoms with Crippen LogP contribution in [0.5, 0.6) is 0 Å². The van der Waals surface area contributed by atoms with Crippen molar-refractivity contribution in [3.05, 3.63) is 46.2 Å². The van der Waals surface area contributed by atoms with E-state index in [0.29, 0.717) is 13.1 Å². The van der Waals surface area contributed by atoms with Gasteiger partial charge in [0.25, 0.3) is 0 Å². The standard InChI is InChI=1S/C18H23FN4OS/c1-13-12-25-17(20-13)14(2)21-18(24)23-9-3-8-22(10-11-23)16-6-4-15(19)5-7-16/h4-7,12,14H,3,8-11H2,1-2H3,(H,21,24). The van der Waals surface area contributed by atoms with Crippen LogP contribution in [0.1, 0.15) is 30.1 Å². The number of rotatable bonds is 3. The van der Waals surface area contributed by atoms with Gasteiger partial charge in [0, 0.05) is 42.9 Å². The van der Waals surface area contributed by atoms with Crippen LogP contribution in [0.25, 0.3) is 0 Å². The highest BCUT2D eigenvalue weighted by atomic mass is 32.1. The largest absolute Gasteiger partial charge is 0.370 e. The van der Waals surface area contributed by atoms with E-state index in [1.807, 2.05) is 24.1 Å². The first-order valence-corrected chi connectivity index (χ1v) is 9.39. The van der Waals surface area contributed by atoms with Crippen LogP contribution in [-0.2, 0) is 0 Å². The van der Waals surface area contributed by atoms with Gasteiger partial charge in [-0.25, -0.2) is 14.2 Å². The van der Waals surface area contributed by atoms with E-state index in [-0.39, 0.29) is 17.9 Å². The van der Waals surface area contributed by atoms with E-state index in [2.05, 4.69) is 15.2 Å². The second kappa shape index (κ2) is 7.82. The van der Waals surface area contributed by atoms with Crippen molar-refractivity contribution in [2.45, 2.75) is 26.3 Å². The predicted molar refractivity (Wildman–Crippen MR) is 98.6 cm³/mol. The first kappa shape index (κ1) is 17.7. The van der Waals surface area contributed by atoms with Crippen molar-refractivity contribution in [3.8, 4) is 0 Å². The van der Waals surface area contributed by atoms with E-state index in [9.17, 15) is 9.18 Å². The quantitative estimate of drug-likeness (QED) is 0.908. The molecule has 1 aromatic heterocycles. The third-order valence-electron chi connectivity index (χ3n) is 4.32. The van der Waals surface area contributed by atoms with Gasteiger partial charge in [0.1, 0.15) is 10.8 Å². The second-order valence-electron chi connectivity index (χ2n) is 6.30. The number of aromatic nitrogens is 1. The minimum absolute atomic E-state index is 0.0543. The smallest absolute Gasteiger partial charge is 0.318 e. The zero-order chi connectivity index (χ0) is 17.8. The molecule has 1 saturated heterocycles. The van der Waals surface area contributed by atoms with Crippen molar-refractivity contribution >= 4 is 23.1 Å². The number of hydrogen-bond acceptors (Lipinski definition) is 4. The van der Waals surface area contributed by atoms with Crippen molar-refractivity contribution in [1.82, 2.24) is 15.2 Å². The summed E-state index contributed by atoms with van der Waals surface area (Å²) in [7, 11) is 0. The molecule has 1 atom stereocenters. The van der Waals surface area contributed by atoms with Gasteiger partial charge in [-0.1, -0.05) is 0 Å². The Morgan fingerprint density at radius 3 is 2.68 bits per heavy atom. The molecular weight excluding hydrogens is 339 g/mol. The maximum atomic E-state index is 13.1. The average Bonchev–Trinajstić information content (AvgIpc) is 2.88. The van der Waals surface area contributed by atoms with Crippen LogP contribution in [0.4, 0.5) is 14.9 Å². The molecule has 0 spiro atoms. The molecule has 1 aliphatic rings. The van der Waals surface area contributed by atoms with E-state index in [1.54, 1.807) is 23.5 Å². The minimum Gasteiger partial charge on any atom is -0.370 e. The van der Waals surface area contributed by atoms with Gasteiger partial charge in [-0.3, -0.25) is 0 Å². The molecule has 1 fully saturated rings. The third kappa shape index (κ3) is 4.48. The summed E-state index contributed by atoms with van der Waals surface area (Å²) >= 11 is 1.57. The Hall–Kier alpha value is -2.15. The van der Waals surface area contributed by atoms with Gasteiger partial charge in [0.15, 0.2) is 0 Å². The first-order valence-electron chi connectivity index (χ1n) is 8.51. The van der Waals surface area contributed by atoms with Crippen molar-refractivity contribution in [1.29, 1.82) is 0 Å². The summed E-state index contributed by atoms with van der Waals surface area (Å²) in [4.78, 5) is 21.0. The van der Waals surface area contributed by atoms with Crippen LogP contribution in [-0.4, -0.2) is 42.1 Å². The van der Waals surface area contributed by atoms with Crippen LogP contribution in [0, 0.1) is 12.7 Å². The number of carbonyl (C=O) groups excluding carboxylic acids is 1. The van der Waals surface area contributed by atoms with Gasteiger partial charge in [0.2, 0.25) is 0 Å². The number of anilines is 1. The number of hydrogen-bond donors (Lipinski definition) is 1. The van der Waals surface area contributed by atoms with Crippen LogP contribution in [0.2, 0.25) is 0 Å². The summed E-state index contributed by atoms with van der Waals surface area (Å²) in [5.41, 5.74) is 1.97. The lowest BCUT2D eigenvalue weighted by Gasteiger charge is -2.24. The zero-order valence-electron chi connectivity index (χ0n) is 14.5. The molecule has 7 heteroatoms. The Bertz CT molecular complexity index is 718. The van der Waals surface area contributed by atoms with Gasteiger partial charge >= 0.3 is 6.03 Å². The maximum Gasteiger partial charge on any atom is 0.318 e. The van der Waals surface area contributed by atoms with Gasteiger partial charge in [-0.2, -0.15) is 0 Å². The average molecular weight is 362 g/mol. The lowest BCUT2D eigenvalue weighted by molar-refractivity contribution is 0.198. The van der Waals surface area contributed by atoms with Crippen molar-refractivity contribution in [2.24, 2.45) is 0 Å². The van der Waals surface area contributed by atoms with Gasteiger partial charge in [0.05, 0.1) is 6.04 Å². The monoisotopic (exact) mass is 362 g/mol. The zero-order valence-corrected chi connectivity index (χ0v) is 15.4. The lowest BCUT2D eigenvalue weighted by Crippen LogP contribution is -2.43. The van der Waals surface area contributed by atoms with Crippen molar-refractivity contribution in [3.63, 3.8) is 0 Å². The topological polar surface area (TPSA) is 48.5 Å². The number of halogens is 1. The van der Waals surface area contributed by atoms with Gasteiger partial charge in [-0.05, 0) is 44.5 Å². The van der Waals surface area contributed by atoms with Gasteiger partial charge < -0.3 is 15.1 Å². The molecule has 1 aliphatic heterocycles. The van der Waals surface area contributed by atoms with Crippen LogP contribution >= 0.6 is 11.3 Å². The molecule has 0 saturated carbocycles. The fourth-order valence-corrected chi connectivity index (χ4v) is 3.74. The van der Waals surface area contributed by atoms with E-state index in [4.69, 9.17) is 0 Å². The molecule has 134 valence electrons. The second-order valence-corrected chi connectivity index (χ2v) is 7.19. The summed E-state index contributed by atoms with van der Waals surface area (Å²) in [6, 6.07) is 6.38. The van der Waals surface area contributed by atoms with E-state index in [1.165, 1.54) is 12.1 Å². The Morgan fingerprint density at radius 2 is 2.00 bits per heavy atom. The summed E-state index contributed by atoms with van der Waals surface area (Å²) in [6.45, 7) is 6.87. The molecule has 1 unspecified atom stereocenters. The Labute approximate surface area is 151 Å². The van der Waals surface area contributed by atoms with E-state index in [0.717, 1.165) is 35.9 Å². The maximum absolute atomic E-state index is 13.1. The summed E-state index contributed by atoms with van der Waals surface area (Å²) in [5, 5.41) is 5.95. The Balaban J connectivity index is 1.56. The lowest BCUT2D eigenvalue weighted by atomic mass is 10.2. The number of nitrogens with one attached hydrogen (secondary N) is 1. The number of thiazole rings is 1. The number of carbonyl (C=O) groups is 1. The van der Waals surface area contributed by atoms with E-state index < -0.39 is 0 Å².